The average Bonchev–Trinajstić information content (AvgIpc) is 2.58. The van der Waals surface area contributed by atoms with Crippen LogP contribution in [-0.2, 0) is 6.54 Å². The van der Waals surface area contributed by atoms with Crippen LogP contribution in [0.3, 0.4) is 0 Å². The molecule has 1 heterocycles. The summed E-state index contributed by atoms with van der Waals surface area (Å²) >= 11 is 0. The largest absolute Gasteiger partial charge is 0.490 e. The molecule has 4 nitrogen and oxygen atoms in total. The topological polar surface area (TPSA) is 50.7 Å². The van der Waals surface area contributed by atoms with E-state index in [1.165, 1.54) is 0 Å². The maximum absolute atomic E-state index is 9.26. The molecule has 0 amide bonds. The number of aliphatic hydroxyl groups excluding tert-OH is 1. The minimum Gasteiger partial charge on any atom is -0.490 e. The Labute approximate surface area is 107 Å². The van der Waals surface area contributed by atoms with Gasteiger partial charge in [0, 0.05) is 24.6 Å². The third-order valence-corrected chi connectivity index (χ3v) is 3.55. The van der Waals surface area contributed by atoms with Crippen molar-refractivity contribution in [3.8, 4) is 11.5 Å². The van der Waals surface area contributed by atoms with Crippen molar-refractivity contribution < 1.29 is 14.6 Å². The van der Waals surface area contributed by atoms with Gasteiger partial charge in [0.1, 0.15) is 0 Å². The van der Waals surface area contributed by atoms with E-state index in [1.807, 2.05) is 12.1 Å². The molecule has 1 aliphatic heterocycles. The number of benzene rings is 1. The number of ether oxygens (including phenoxy) is 2. The predicted molar refractivity (Wildman–Crippen MR) is 67.9 cm³/mol. The molecule has 1 fully saturated rings. The van der Waals surface area contributed by atoms with Crippen molar-refractivity contribution in [1.29, 1.82) is 0 Å². The fourth-order valence-corrected chi connectivity index (χ4v) is 2.40. The third kappa shape index (κ3) is 2.44. The zero-order valence-electron chi connectivity index (χ0n) is 10.4. The van der Waals surface area contributed by atoms with Gasteiger partial charge in [-0.05, 0) is 18.9 Å². The van der Waals surface area contributed by atoms with E-state index in [-0.39, 0.29) is 6.10 Å². The van der Waals surface area contributed by atoms with Gasteiger partial charge in [0.25, 0.3) is 0 Å². The van der Waals surface area contributed by atoms with Crippen LogP contribution in [0.4, 0.5) is 0 Å². The van der Waals surface area contributed by atoms with Gasteiger partial charge >= 0.3 is 0 Å². The Morgan fingerprint density at radius 2 is 2.06 bits per heavy atom. The van der Waals surface area contributed by atoms with Gasteiger partial charge in [0.15, 0.2) is 11.5 Å². The SMILES string of the molecule is OC1CC(NCc2cccc3c2OCCCO3)C1. The summed E-state index contributed by atoms with van der Waals surface area (Å²) in [5.74, 6) is 1.72. The van der Waals surface area contributed by atoms with Crippen molar-refractivity contribution in [2.45, 2.75) is 38.0 Å². The monoisotopic (exact) mass is 249 g/mol. The van der Waals surface area contributed by atoms with Gasteiger partial charge < -0.3 is 19.9 Å². The van der Waals surface area contributed by atoms with E-state index in [0.717, 1.165) is 49.5 Å². The summed E-state index contributed by atoms with van der Waals surface area (Å²) < 4.78 is 11.4. The number of fused-ring (bicyclic) bond motifs is 1. The molecule has 0 radical (unpaired) electrons. The summed E-state index contributed by atoms with van der Waals surface area (Å²) in [6.45, 7) is 2.20. The van der Waals surface area contributed by atoms with Crippen LogP contribution in [0, 0.1) is 0 Å². The molecule has 1 aromatic rings. The Morgan fingerprint density at radius 1 is 1.22 bits per heavy atom. The molecule has 2 N–H and O–H groups in total. The Hall–Kier alpha value is -1.26. The van der Waals surface area contributed by atoms with Crippen LogP contribution in [0.25, 0.3) is 0 Å². The van der Waals surface area contributed by atoms with Crippen molar-refractivity contribution in [1.82, 2.24) is 5.32 Å². The Morgan fingerprint density at radius 3 is 2.89 bits per heavy atom. The van der Waals surface area contributed by atoms with Gasteiger partial charge in [-0.25, -0.2) is 0 Å². The van der Waals surface area contributed by atoms with Gasteiger partial charge in [0.05, 0.1) is 19.3 Å². The van der Waals surface area contributed by atoms with E-state index in [1.54, 1.807) is 0 Å². The van der Waals surface area contributed by atoms with Gasteiger partial charge in [-0.2, -0.15) is 0 Å². The Bertz CT molecular complexity index is 416. The number of aliphatic hydroxyl groups is 1. The maximum Gasteiger partial charge on any atom is 0.165 e. The summed E-state index contributed by atoms with van der Waals surface area (Å²) in [5.41, 5.74) is 1.13. The highest BCUT2D eigenvalue weighted by atomic mass is 16.5. The second-order valence-electron chi connectivity index (χ2n) is 5.00. The van der Waals surface area contributed by atoms with Crippen molar-refractivity contribution in [2.75, 3.05) is 13.2 Å². The molecular formula is C14H19NO3. The summed E-state index contributed by atoms with van der Waals surface area (Å²) in [6.07, 6.45) is 2.52. The zero-order valence-corrected chi connectivity index (χ0v) is 10.4. The molecule has 0 unspecified atom stereocenters. The number of nitrogens with one attached hydrogen (secondary N) is 1. The normalized spacial score (nSPS) is 26.3. The van der Waals surface area contributed by atoms with E-state index in [2.05, 4.69) is 11.4 Å². The fraction of sp³-hybridized carbons (Fsp3) is 0.571. The van der Waals surface area contributed by atoms with Crippen LogP contribution >= 0.6 is 0 Å². The molecule has 1 aromatic carbocycles. The lowest BCUT2D eigenvalue weighted by Crippen LogP contribution is -2.43. The van der Waals surface area contributed by atoms with E-state index < -0.39 is 0 Å². The van der Waals surface area contributed by atoms with Crippen molar-refractivity contribution >= 4 is 0 Å². The first-order valence-corrected chi connectivity index (χ1v) is 6.62. The minimum absolute atomic E-state index is 0.116. The lowest BCUT2D eigenvalue weighted by atomic mass is 9.89. The van der Waals surface area contributed by atoms with Crippen LogP contribution in [0.1, 0.15) is 24.8 Å². The number of rotatable bonds is 3. The van der Waals surface area contributed by atoms with Gasteiger partial charge in [0.2, 0.25) is 0 Å². The number of para-hydroxylation sites is 1. The molecular weight excluding hydrogens is 230 g/mol. The zero-order chi connectivity index (χ0) is 12.4. The standard InChI is InChI=1S/C14H19NO3/c16-12-7-11(8-12)15-9-10-3-1-4-13-14(10)18-6-2-5-17-13/h1,3-4,11-12,15-16H,2,5-9H2. The van der Waals surface area contributed by atoms with Crippen molar-refractivity contribution in [2.24, 2.45) is 0 Å². The van der Waals surface area contributed by atoms with Crippen molar-refractivity contribution in [3.63, 3.8) is 0 Å². The van der Waals surface area contributed by atoms with E-state index in [4.69, 9.17) is 9.47 Å². The highest BCUT2D eigenvalue weighted by molar-refractivity contribution is 5.47. The molecule has 2 aliphatic rings. The lowest BCUT2D eigenvalue weighted by Gasteiger charge is -2.32. The predicted octanol–water partition coefficient (Wildman–Crippen LogP) is 1.46. The van der Waals surface area contributed by atoms with Crippen LogP contribution in [0.15, 0.2) is 18.2 Å². The summed E-state index contributed by atoms with van der Waals surface area (Å²) in [4.78, 5) is 0. The van der Waals surface area contributed by atoms with Gasteiger partial charge in [-0.1, -0.05) is 12.1 Å². The second-order valence-corrected chi connectivity index (χ2v) is 5.00. The number of hydrogen-bond acceptors (Lipinski definition) is 4. The molecule has 0 bridgehead atoms. The second kappa shape index (κ2) is 5.16. The quantitative estimate of drug-likeness (QED) is 0.851. The minimum atomic E-state index is -0.116. The lowest BCUT2D eigenvalue weighted by molar-refractivity contribution is 0.0618. The van der Waals surface area contributed by atoms with Crippen LogP contribution in [0.5, 0.6) is 11.5 Å². The summed E-state index contributed by atoms with van der Waals surface area (Å²) in [6, 6.07) is 6.45. The Kier molecular flexibility index (Phi) is 3.39. The first-order valence-electron chi connectivity index (χ1n) is 6.62. The summed E-state index contributed by atoms with van der Waals surface area (Å²) in [5, 5.41) is 12.7. The van der Waals surface area contributed by atoms with Crippen LogP contribution in [-0.4, -0.2) is 30.5 Å². The van der Waals surface area contributed by atoms with Gasteiger partial charge in [-0.3, -0.25) is 0 Å². The highest BCUT2D eigenvalue weighted by Gasteiger charge is 2.26. The molecule has 18 heavy (non-hydrogen) atoms. The van der Waals surface area contributed by atoms with Gasteiger partial charge in [-0.15, -0.1) is 0 Å². The highest BCUT2D eigenvalue weighted by Crippen LogP contribution is 2.33. The van der Waals surface area contributed by atoms with Crippen LogP contribution in [0.2, 0.25) is 0 Å². The molecule has 0 atom stereocenters. The molecule has 3 rings (SSSR count). The molecule has 4 heteroatoms. The molecule has 0 saturated heterocycles. The molecule has 98 valence electrons. The fourth-order valence-electron chi connectivity index (χ4n) is 2.40. The van der Waals surface area contributed by atoms with E-state index in [0.29, 0.717) is 12.6 Å². The summed E-state index contributed by atoms with van der Waals surface area (Å²) in [7, 11) is 0. The Balaban J connectivity index is 1.67. The van der Waals surface area contributed by atoms with E-state index in [9.17, 15) is 5.11 Å². The maximum atomic E-state index is 9.26. The smallest absolute Gasteiger partial charge is 0.165 e. The van der Waals surface area contributed by atoms with Crippen molar-refractivity contribution in [3.05, 3.63) is 23.8 Å². The first kappa shape index (κ1) is 11.8. The molecule has 1 aliphatic carbocycles. The average molecular weight is 249 g/mol. The molecule has 0 aromatic heterocycles. The van der Waals surface area contributed by atoms with Crippen LogP contribution < -0.4 is 14.8 Å². The number of hydrogen-bond donors (Lipinski definition) is 2. The molecule has 1 saturated carbocycles. The molecule has 0 spiro atoms. The third-order valence-electron chi connectivity index (χ3n) is 3.55. The van der Waals surface area contributed by atoms with E-state index >= 15 is 0 Å². The first-order chi connectivity index (χ1) is 8.83.